The quantitative estimate of drug-likeness (QED) is 0.773. The van der Waals surface area contributed by atoms with Gasteiger partial charge in [-0.2, -0.15) is 5.10 Å². The van der Waals surface area contributed by atoms with Crippen molar-refractivity contribution >= 4 is 0 Å². The second-order valence-corrected chi connectivity index (χ2v) is 4.92. The summed E-state index contributed by atoms with van der Waals surface area (Å²) in [6, 6.07) is 0.869. The Bertz CT molecular complexity index is 330. The van der Waals surface area contributed by atoms with Crippen LogP contribution in [0.4, 0.5) is 0 Å². The molecule has 0 saturated carbocycles. The van der Waals surface area contributed by atoms with E-state index in [0.717, 1.165) is 25.8 Å². The number of nitrogens with zero attached hydrogens (tertiary/aromatic N) is 3. The maximum Gasteiger partial charge on any atom is 0.0538 e. The molecule has 104 valence electrons. The largest absolute Gasteiger partial charge is 0.329 e. The summed E-state index contributed by atoms with van der Waals surface area (Å²) in [6.07, 6.45) is 7.53. The Balaban J connectivity index is 2.80. The molecule has 2 N–H and O–H groups in total. The van der Waals surface area contributed by atoms with Crippen LogP contribution in [-0.4, -0.2) is 34.3 Å². The van der Waals surface area contributed by atoms with Crippen molar-refractivity contribution < 1.29 is 0 Å². The fraction of sp³-hybridized carbons (Fsp3) is 0.786. The summed E-state index contributed by atoms with van der Waals surface area (Å²) in [5, 5.41) is 4.40. The van der Waals surface area contributed by atoms with Crippen LogP contribution in [0.3, 0.4) is 0 Å². The Morgan fingerprint density at radius 2 is 2.00 bits per heavy atom. The van der Waals surface area contributed by atoms with E-state index in [2.05, 4.69) is 44.0 Å². The van der Waals surface area contributed by atoms with Gasteiger partial charge in [-0.1, -0.05) is 20.8 Å². The number of likely N-dealkylation sites (N-methyl/N-ethyl adjacent to an activating group) is 1. The highest BCUT2D eigenvalue weighted by molar-refractivity contribution is 5.11. The molecule has 1 atom stereocenters. The van der Waals surface area contributed by atoms with Gasteiger partial charge in [0.05, 0.1) is 12.2 Å². The van der Waals surface area contributed by atoms with Crippen LogP contribution in [-0.2, 0) is 6.54 Å². The molecule has 0 saturated heterocycles. The zero-order chi connectivity index (χ0) is 13.5. The maximum atomic E-state index is 5.96. The second-order valence-electron chi connectivity index (χ2n) is 4.92. The van der Waals surface area contributed by atoms with Crippen LogP contribution >= 0.6 is 0 Å². The van der Waals surface area contributed by atoms with Gasteiger partial charge in [0.1, 0.15) is 0 Å². The predicted molar refractivity (Wildman–Crippen MR) is 76.4 cm³/mol. The third-order valence-corrected chi connectivity index (χ3v) is 3.72. The smallest absolute Gasteiger partial charge is 0.0538 e. The molecule has 1 aromatic rings. The molecule has 0 aliphatic heterocycles. The Labute approximate surface area is 111 Å². The molecule has 0 radical (unpaired) electrons. The van der Waals surface area contributed by atoms with E-state index < -0.39 is 0 Å². The molecular formula is C14H28N4. The Kier molecular flexibility index (Phi) is 6.36. The number of hydrogen-bond acceptors (Lipinski definition) is 3. The monoisotopic (exact) mass is 252 g/mol. The Morgan fingerprint density at radius 3 is 2.50 bits per heavy atom. The lowest BCUT2D eigenvalue weighted by Gasteiger charge is -2.33. The molecule has 0 aromatic carbocycles. The number of aryl methyl sites for hydroxylation is 1. The normalized spacial score (nSPS) is 13.5. The topological polar surface area (TPSA) is 47.1 Å². The molecule has 4 nitrogen and oxygen atoms in total. The summed E-state index contributed by atoms with van der Waals surface area (Å²) in [7, 11) is 2.17. The van der Waals surface area contributed by atoms with Crippen molar-refractivity contribution in [2.45, 2.75) is 58.7 Å². The fourth-order valence-corrected chi connectivity index (χ4v) is 2.56. The van der Waals surface area contributed by atoms with E-state index >= 15 is 0 Å². The third kappa shape index (κ3) is 3.56. The van der Waals surface area contributed by atoms with Gasteiger partial charge in [-0.25, -0.2) is 0 Å². The number of aromatic nitrogens is 2. The number of rotatable bonds is 8. The van der Waals surface area contributed by atoms with Gasteiger partial charge in [-0.05, 0) is 26.3 Å². The van der Waals surface area contributed by atoms with E-state index in [4.69, 9.17) is 5.73 Å². The van der Waals surface area contributed by atoms with Crippen LogP contribution in [0.2, 0.25) is 0 Å². The average Bonchev–Trinajstić information content (AvgIpc) is 2.81. The highest BCUT2D eigenvalue weighted by atomic mass is 15.3. The number of nitrogens with two attached hydrogens (primary N) is 1. The lowest BCUT2D eigenvalue weighted by molar-refractivity contribution is 0.167. The van der Waals surface area contributed by atoms with Crippen LogP contribution in [0.25, 0.3) is 0 Å². The van der Waals surface area contributed by atoms with Crippen LogP contribution in [0.5, 0.6) is 0 Å². The van der Waals surface area contributed by atoms with Crippen molar-refractivity contribution in [3.05, 3.63) is 18.0 Å². The van der Waals surface area contributed by atoms with Crippen molar-refractivity contribution in [3.8, 4) is 0 Å². The van der Waals surface area contributed by atoms with E-state index in [-0.39, 0.29) is 6.04 Å². The van der Waals surface area contributed by atoms with Crippen molar-refractivity contribution in [1.82, 2.24) is 14.7 Å². The SMILES string of the molecule is CCCn1cc(C(CN)N(C)C(CC)CC)cn1. The molecular weight excluding hydrogens is 224 g/mol. The maximum absolute atomic E-state index is 5.96. The molecule has 1 heterocycles. The summed E-state index contributed by atoms with van der Waals surface area (Å²) in [4.78, 5) is 2.40. The lowest BCUT2D eigenvalue weighted by atomic mass is 10.0. The van der Waals surface area contributed by atoms with Crippen LogP contribution in [0, 0.1) is 0 Å². The minimum absolute atomic E-state index is 0.278. The Hall–Kier alpha value is -0.870. The first-order valence-electron chi connectivity index (χ1n) is 7.12. The molecule has 0 spiro atoms. The van der Waals surface area contributed by atoms with Gasteiger partial charge in [0, 0.05) is 30.9 Å². The highest BCUT2D eigenvalue weighted by Crippen LogP contribution is 2.22. The minimum Gasteiger partial charge on any atom is -0.329 e. The minimum atomic E-state index is 0.278. The summed E-state index contributed by atoms with van der Waals surface area (Å²) in [5.41, 5.74) is 7.19. The summed E-state index contributed by atoms with van der Waals surface area (Å²) >= 11 is 0. The van der Waals surface area contributed by atoms with Crippen molar-refractivity contribution in [3.63, 3.8) is 0 Å². The summed E-state index contributed by atoms with van der Waals surface area (Å²) < 4.78 is 2.01. The standard InChI is InChI=1S/C14H28N4/c1-5-8-18-11-12(10-16-18)14(9-15)17(4)13(6-2)7-3/h10-11,13-14H,5-9,15H2,1-4H3. The van der Waals surface area contributed by atoms with Gasteiger partial charge in [-0.15, -0.1) is 0 Å². The van der Waals surface area contributed by atoms with Crippen LogP contribution in [0.1, 0.15) is 51.6 Å². The Morgan fingerprint density at radius 1 is 1.33 bits per heavy atom. The first-order valence-corrected chi connectivity index (χ1v) is 7.12. The molecule has 0 aliphatic rings. The summed E-state index contributed by atoms with van der Waals surface area (Å²) in [5.74, 6) is 0. The van der Waals surface area contributed by atoms with Crippen molar-refractivity contribution in [1.29, 1.82) is 0 Å². The second kappa shape index (κ2) is 7.54. The fourth-order valence-electron chi connectivity index (χ4n) is 2.56. The van der Waals surface area contributed by atoms with E-state index in [1.165, 1.54) is 5.56 Å². The van der Waals surface area contributed by atoms with E-state index in [9.17, 15) is 0 Å². The van der Waals surface area contributed by atoms with Crippen LogP contribution < -0.4 is 5.73 Å². The molecule has 4 heteroatoms. The van der Waals surface area contributed by atoms with Crippen molar-refractivity contribution in [2.24, 2.45) is 5.73 Å². The predicted octanol–water partition coefficient (Wildman–Crippen LogP) is 2.41. The zero-order valence-electron chi connectivity index (χ0n) is 12.3. The average molecular weight is 252 g/mol. The molecule has 0 fully saturated rings. The third-order valence-electron chi connectivity index (χ3n) is 3.72. The van der Waals surface area contributed by atoms with Gasteiger partial charge in [0.25, 0.3) is 0 Å². The highest BCUT2D eigenvalue weighted by Gasteiger charge is 2.22. The number of hydrogen-bond donors (Lipinski definition) is 1. The lowest BCUT2D eigenvalue weighted by Crippen LogP contribution is -2.37. The van der Waals surface area contributed by atoms with E-state index in [1.54, 1.807) is 0 Å². The van der Waals surface area contributed by atoms with Gasteiger partial charge in [-0.3, -0.25) is 9.58 Å². The van der Waals surface area contributed by atoms with Gasteiger partial charge in [0.2, 0.25) is 0 Å². The molecule has 0 aliphatic carbocycles. The van der Waals surface area contributed by atoms with E-state index in [1.807, 2.05) is 10.9 Å². The zero-order valence-corrected chi connectivity index (χ0v) is 12.3. The molecule has 0 amide bonds. The van der Waals surface area contributed by atoms with Crippen LogP contribution in [0.15, 0.2) is 12.4 Å². The first-order chi connectivity index (χ1) is 8.67. The molecule has 18 heavy (non-hydrogen) atoms. The van der Waals surface area contributed by atoms with Gasteiger partial charge < -0.3 is 5.73 Å². The molecule has 1 rings (SSSR count). The molecule has 1 unspecified atom stereocenters. The van der Waals surface area contributed by atoms with Gasteiger partial charge in [0.15, 0.2) is 0 Å². The first kappa shape index (κ1) is 15.2. The van der Waals surface area contributed by atoms with Gasteiger partial charge >= 0.3 is 0 Å². The molecule has 0 bridgehead atoms. The summed E-state index contributed by atoms with van der Waals surface area (Å²) in [6.45, 7) is 8.26. The molecule has 1 aromatic heterocycles. The van der Waals surface area contributed by atoms with Crippen molar-refractivity contribution in [2.75, 3.05) is 13.6 Å². The van der Waals surface area contributed by atoms with E-state index in [0.29, 0.717) is 12.6 Å².